The van der Waals surface area contributed by atoms with E-state index in [1.807, 2.05) is 13.8 Å². The lowest BCUT2D eigenvalue weighted by Crippen LogP contribution is -2.30. The van der Waals surface area contributed by atoms with Crippen LogP contribution < -0.4 is 10.9 Å². The second kappa shape index (κ2) is 5.65. The molecule has 100 valence electrons. The van der Waals surface area contributed by atoms with Crippen LogP contribution in [0.2, 0.25) is 0 Å². The molecule has 0 saturated heterocycles. The molecule has 0 atom stereocenters. The molecule has 2 aromatic rings. The first-order valence-corrected chi connectivity index (χ1v) is 6.40. The molecular weight excluding hydrogens is 242 g/mol. The van der Waals surface area contributed by atoms with Crippen LogP contribution in [0.25, 0.3) is 10.9 Å². The summed E-state index contributed by atoms with van der Waals surface area (Å²) in [5.41, 5.74) is 1.26. The Kier molecular flexibility index (Phi) is 3.94. The lowest BCUT2D eigenvalue weighted by molar-refractivity contribution is 0.0952. The quantitative estimate of drug-likeness (QED) is 0.821. The van der Waals surface area contributed by atoms with Crippen LogP contribution in [0.3, 0.4) is 0 Å². The average molecular weight is 259 g/mol. The van der Waals surface area contributed by atoms with Gasteiger partial charge >= 0.3 is 0 Å². The second-order valence-corrected chi connectivity index (χ2v) is 4.48. The summed E-state index contributed by atoms with van der Waals surface area (Å²) in [6.45, 7) is 4.47. The van der Waals surface area contributed by atoms with Gasteiger partial charge in [0.15, 0.2) is 0 Å². The number of carbonyl (C=O) groups excluding carboxylic acids is 1. The third kappa shape index (κ3) is 2.81. The summed E-state index contributed by atoms with van der Waals surface area (Å²) in [6, 6.07) is 3.33. The first-order valence-electron chi connectivity index (χ1n) is 6.40. The zero-order chi connectivity index (χ0) is 13.8. The molecule has 2 N–H and O–H groups in total. The highest BCUT2D eigenvalue weighted by Gasteiger charge is 2.12. The molecule has 0 spiro atoms. The fourth-order valence-electron chi connectivity index (χ4n) is 1.91. The van der Waals surface area contributed by atoms with Gasteiger partial charge in [0.2, 0.25) is 0 Å². The SMILES string of the molecule is CCCCNC(=O)c1cc2c(C)nccc2[nH]c1=O. The van der Waals surface area contributed by atoms with E-state index in [-0.39, 0.29) is 17.0 Å². The highest BCUT2D eigenvalue weighted by Crippen LogP contribution is 2.13. The van der Waals surface area contributed by atoms with Gasteiger partial charge in [-0.2, -0.15) is 0 Å². The molecular formula is C14H17N3O2. The third-order valence-electron chi connectivity index (χ3n) is 3.03. The Bertz CT molecular complexity index is 661. The summed E-state index contributed by atoms with van der Waals surface area (Å²) in [6.07, 6.45) is 3.53. The van der Waals surface area contributed by atoms with E-state index in [2.05, 4.69) is 15.3 Å². The molecule has 0 fully saturated rings. The molecule has 0 unspecified atom stereocenters. The van der Waals surface area contributed by atoms with Crippen molar-refractivity contribution in [3.8, 4) is 0 Å². The fraction of sp³-hybridized carbons (Fsp3) is 0.357. The highest BCUT2D eigenvalue weighted by molar-refractivity contribution is 5.97. The molecule has 0 aliphatic rings. The van der Waals surface area contributed by atoms with Crippen molar-refractivity contribution < 1.29 is 4.79 Å². The van der Waals surface area contributed by atoms with Crippen LogP contribution in [0, 0.1) is 6.92 Å². The molecule has 0 radical (unpaired) electrons. The summed E-state index contributed by atoms with van der Waals surface area (Å²) in [4.78, 5) is 30.7. The first kappa shape index (κ1) is 13.3. The first-order chi connectivity index (χ1) is 9.13. The van der Waals surface area contributed by atoms with Crippen LogP contribution in [0.5, 0.6) is 0 Å². The Morgan fingerprint density at radius 3 is 3.00 bits per heavy atom. The number of fused-ring (bicyclic) bond motifs is 1. The largest absolute Gasteiger partial charge is 0.352 e. The second-order valence-electron chi connectivity index (χ2n) is 4.48. The van der Waals surface area contributed by atoms with E-state index in [9.17, 15) is 9.59 Å². The standard InChI is InChI=1S/C14H17N3O2/c1-3-4-6-16-13(18)11-8-10-9(2)15-7-5-12(10)17-14(11)19/h5,7-8H,3-4,6H2,1-2H3,(H,16,18)(H,17,19). The van der Waals surface area contributed by atoms with Gasteiger partial charge < -0.3 is 10.3 Å². The van der Waals surface area contributed by atoms with Crippen LogP contribution in [-0.2, 0) is 0 Å². The Labute approximate surface area is 111 Å². The van der Waals surface area contributed by atoms with Crippen molar-refractivity contribution >= 4 is 16.8 Å². The number of aromatic nitrogens is 2. The van der Waals surface area contributed by atoms with Gasteiger partial charge in [0, 0.05) is 23.8 Å². The maximum absolute atomic E-state index is 11.9. The lowest BCUT2D eigenvalue weighted by Gasteiger charge is -2.06. The van der Waals surface area contributed by atoms with E-state index < -0.39 is 0 Å². The molecule has 0 aliphatic carbocycles. The van der Waals surface area contributed by atoms with Crippen LogP contribution >= 0.6 is 0 Å². The van der Waals surface area contributed by atoms with Gasteiger partial charge in [-0.3, -0.25) is 14.6 Å². The summed E-state index contributed by atoms with van der Waals surface area (Å²) in [5, 5.41) is 3.54. The molecule has 0 aromatic carbocycles. The van der Waals surface area contributed by atoms with E-state index in [0.717, 1.165) is 23.9 Å². The molecule has 2 heterocycles. The van der Waals surface area contributed by atoms with E-state index in [0.29, 0.717) is 12.1 Å². The minimum atomic E-state index is -0.368. The smallest absolute Gasteiger partial charge is 0.261 e. The molecule has 5 nitrogen and oxygen atoms in total. The van der Waals surface area contributed by atoms with E-state index in [1.165, 1.54) is 0 Å². The van der Waals surface area contributed by atoms with Crippen LogP contribution in [0.4, 0.5) is 0 Å². The lowest BCUT2D eigenvalue weighted by atomic mass is 10.1. The highest BCUT2D eigenvalue weighted by atomic mass is 16.2. The summed E-state index contributed by atoms with van der Waals surface area (Å²) in [7, 11) is 0. The third-order valence-corrected chi connectivity index (χ3v) is 3.03. The number of rotatable bonds is 4. The fourth-order valence-corrected chi connectivity index (χ4v) is 1.91. The van der Waals surface area contributed by atoms with Crippen molar-refractivity contribution in [3.63, 3.8) is 0 Å². The predicted octanol–water partition coefficient (Wildman–Crippen LogP) is 1.76. The molecule has 5 heteroatoms. The maximum Gasteiger partial charge on any atom is 0.261 e. The van der Waals surface area contributed by atoms with Crippen molar-refractivity contribution in [3.05, 3.63) is 39.9 Å². The van der Waals surface area contributed by atoms with Crippen molar-refractivity contribution in [2.24, 2.45) is 0 Å². The average Bonchev–Trinajstić information content (AvgIpc) is 2.38. The van der Waals surface area contributed by atoms with Crippen molar-refractivity contribution in [2.45, 2.75) is 26.7 Å². The van der Waals surface area contributed by atoms with Gasteiger partial charge in [-0.25, -0.2) is 0 Å². The number of hydrogen-bond acceptors (Lipinski definition) is 3. The van der Waals surface area contributed by atoms with Crippen molar-refractivity contribution in [1.82, 2.24) is 15.3 Å². The molecule has 0 aliphatic heterocycles. The number of amides is 1. The Hall–Kier alpha value is -2.17. The zero-order valence-electron chi connectivity index (χ0n) is 11.1. The number of hydrogen-bond donors (Lipinski definition) is 2. The minimum absolute atomic E-state index is 0.139. The molecule has 0 bridgehead atoms. The number of carbonyl (C=O) groups is 1. The number of nitrogens with zero attached hydrogens (tertiary/aromatic N) is 1. The van der Waals surface area contributed by atoms with Crippen LogP contribution in [0.1, 0.15) is 35.8 Å². The number of pyridine rings is 2. The Balaban J connectivity index is 2.38. The van der Waals surface area contributed by atoms with Gasteiger partial charge in [0.25, 0.3) is 11.5 Å². The monoisotopic (exact) mass is 259 g/mol. The number of unbranched alkanes of at least 4 members (excludes halogenated alkanes) is 1. The summed E-state index contributed by atoms with van der Waals surface area (Å²) < 4.78 is 0. The van der Waals surface area contributed by atoms with Crippen molar-refractivity contribution in [2.75, 3.05) is 6.54 Å². The molecule has 19 heavy (non-hydrogen) atoms. The van der Waals surface area contributed by atoms with Gasteiger partial charge in [-0.1, -0.05) is 13.3 Å². The molecule has 1 amide bonds. The summed E-state index contributed by atoms with van der Waals surface area (Å²) in [5.74, 6) is -0.333. The van der Waals surface area contributed by atoms with E-state index in [1.54, 1.807) is 18.3 Å². The number of aryl methyl sites for hydroxylation is 1. The molecule has 0 saturated carbocycles. The van der Waals surface area contributed by atoms with Gasteiger partial charge in [-0.05, 0) is 25.5 Å². The molecule has 2 rings (SSSR count). The minimum Gasteiger partial charge on any atom is -0.352 e. The van der Waals surface area contributed by atoms with Crippen molar-refractivity contribution in [1.29, 1.82) is 0 Å². The van der Waals surface area contributed by atoms with Gasteiger partial charge in [-0.15, -0.1) is 0 Å². The molecule has 2 aromatic heterocycles. The normalized spacial score (nSPS) is 10.6. The zero-order valence-corrected chi connectivity index (χ0v) is 11.1. The summed E-state index contributed by atoms with van der Waals surface area (Å²) >= 11 is 0. The Morgan fingerprint density at radius 1 is 1.47 bits per heavy atom. The van der Waals surface area contributed by atoms with Gasteiger partial charge in [0.05, 0.1) is 5.52 Å². The van der Waals surface area contributed by atoms with Crippen LogP contribution in [0.15, 0.2) is 23.1 Å². The Morgan fingerprint density at radius 2 is 2.26 bits per heavy atom. The van der Waals surface area contributed by atoms with E-state index in [4.69, 9.17) is 0 Å². The van der Waals surface area contributed by atoms with E-state index >= 15 is 0 Å². The number of aromatic amines is 1. The number of H-pyrrole nitrogens is 1. The topological polar surface area (TPSA) is 74.8 Å². The number of nitrogens with one attached hydrogen (secondary N) is 2. The van der Waals surface area contributed by atoms with Gasteiger partial charge in [0.1, 0.15) is 5.56 Å². The maximum atomic E-state index is 11.9. The predicted molar refractivity (Wildman–Crippen MR) is 74.3 cm³/mol. The van der Waals surface area contributed by atoms with Crippen LogP contribution in [-0.4, -0.2) is 22.4 Å².